The summed E-state index contributed by atoms with van der Waals surface area (Å²) < 4.78 is 11.0. The molecule has 1 aliphatic heterocycles. The average molecular weight is 376 g/mol. The van der Waals surface area contributed by atoms with Gasteiger partial charge in [0.25, 0.3) is 0 Å². The van der Waals surface area contributed by atoms with E-state index < -0.39 is 43.3 Å². The predicted molar refractivity (Wildman–Crippen MR) is 95.0 cm³/mol. The normalized spacial score (nSPS) is 28.5. The number of aliphatic carboxylic acids is 1. The molecule has 1 aliphatic rings. The van der Waals surface area contributed by atoms with Crippen molar-refractivity contribution in [3.05, 3.63) is 48.0 Å². The van der Waals surface area contributed by atoms with E-state index in [0.717, 1.165) is 16.8 Å². The second-order valence-corrected chi connectivity index (χ2v) is 6.19. The van der Waals surface area contributed by atoms with E-state index in [4.69, 9.17) is 14.6 Å². The number of aliphatic hydroxyl groups is 4. The summed E-state index contributed by atoms with van der Waals surface area (Å²) >= 11 is 0. The minimum Gasteiger partial charge on any atom is -0.478 e. The molecule has 2 aromatic rings. The lowest BCUT2D eigenvalue weighted by atomic mass is 9.99. The number of ether oxygens (including phenoxy) is 2. The van der Waals surface area contributed by atoms with Crippen LogP contribution in [-0.4, -0.2) is 68.8 Å². The Hall–Kier alpha value is -2.49. The molecule has 1 fully saturated rings. The Kier molecular flexibility index (Phi) is 5.73. The Morgan fingerprint density at radius 1 is 1.07 bits per heavy atom. The SMILES string of the molecule is O=C(O)/C=C/c1c(O[C@@H]2O[C@H](CO)[C@H](O)[C@H](O)[C@H]2O)ccc2ccccc12. The molecule has 0 unspecified atom stereocenters. The summed E-state index contributed by atoms with van der Waals surface area (Å²) in [7, 11) is 0. The highest BCUT2D eigenvalue weighted by atomic mass is 16.7. The van der Waals surface area contributed by atoms with Crippen LogP contribution in [0.5, 0.6) is 5.75 Å². The third-order valence-electron chi connectivity index (χ3n) is 4.41. The van der Waals surface area contributed by atoms with Gasteiger partial charge >= 0.3 is 5.97 Å². The van der Waals surface area contributed by atoms with Crippen molar-refractivity contribution in [3.8, 4) is 5.75 Å². The molecule has 0 bridgehead atoms. The first-order chi connectivity index (χ1) is 12.9. The van der Waals surface area contributed by atoms with Crippen LogP contribution in [0.1, 0.15) is 5.56 Å². The highest BCUT2D eigenvalue weighted by Gasteiger charge is 2.44. The van der Waals surface area contributed by atoms with Crippen LogP contribution in [0.3, 0.4) is 0 Å². The van der Waals surface area contributed by atoms with Crippen LogP contribution in [0.4, 0.5) is 0 Å². The molecule has 2 aromatic carbocycles. The largest absolute Gasteiger partial charge is 0.478 e. The fourth-order valence-corrected chi connectivity index (χ4v) is 2.99. The summed E-state index contributed by atoms with van der Waals surface area (Å²) in [6, 6.07) is 10.6. The number of hydrogen-bond donors (Lipinski definition) is 5. The molecule has 144 valence electrons. The van der Waals surface area contributed by atoms with Crippen molar-refractivity contribution in [3.63, 3.8) is 0 Å². The maximum absolute atomic E-state index is 10.9. The van der Waals surface area contributed by atoms with Crippen LogP contribution in [0.15, 0.2) is 42.5 Å². The second kappa shape index (κ2) is 8.03. The molecule has 1 heterocycles. The van der Waals surface area contributed by atoms with Gasteiger partial charge in [-0.1, -0.05) is 30.3 Å². The summed E-state index contributed by atoms with van der Waals surface area (Å²) in [4.78, 5) is 10.9. The number of fused-ring (bicyclic) bond motifs is 1. The van der Waals surface area contributed by atoms with E-state index in [1.54, 1.807) is 24.3 Å². The zero-order valence-electron chi connectivity index (χ0n) is 14.2. The van der Waals surface area contributed by atoms with Crippen LogP contribution in [0.25, 0.3) is 16.8 Å². The topological polar surface area (TPSA) is 137 Å². The molecular formula is C19H20O8. The molecule has 0 aromatic heterocycles. The third-order valence-corrected chi connectivity index (χ3v) is 4.41. The van der Waals surface area contributed by atoms with Gasteiger partial charge in [-0.25, -0.2) is 4.79 Å². The zero-order valence-corrected chi connectivity index (χ0v) is 14.2. The number of carboxylic acid groups (broad SMARTS) is 1. The standard InChI is InChI=1S/C19H20O8/c20-9-14-16(23)17(24)18(25)19(27-14)26-13-7-5-10-3-1-2-4-11(10)12(13)6-8-15(21)22/h1-8,14,16-20,23-25H,9H2,(H,21,22)/b8-6+/t14-,16+,17+,18-,19-/m1/s1. The molecule has 27 heavy (non-hydrogen) atoms. The molecule has 5 atom stereocenters. The van der Waals surface area contributed by atoms with Crippen molar-refractivity contribution >= 4 is 22.8 Å². The Bertz CT molecular complexity index is 847. The monoisotopic (exact) mass is 376 g/mol. The van der Waals surface area contributed by atoms with E-state index in [1.807, 2.05) is 12.1 Å². The maximum Gasteiger partial charge on any atom is 0.328 e. The van der Waals surface area contributed by atoms with E-state index in [9.17, 15) is 25.2 Å². The lowest BCUT2D eigenvalue weighted by Gasteiger charge is -2.39. The highest BCUT2D eigenvalue weighted by Crippen LogP contribution is 2.32. The molecule has 0 spiro atoms. The van der Waals surface area contributed by atoms with E-state index >= 15 is 0 Å². The molecule has 0 aliphatic carbocycles. The molecule has 5 N–H and O–H groups in total. The molecule has 0 radical (unpaired) electrons. The first kappa shape index (κ1) is 19.3. The van der Waals surface area contributed by atoms with Crippen molar-refractivity contribution in [1.29, 1.82) is 0 Å². The van der Waals surface area contributed by atoms with Crippen LogP contribution < -0.4 is 4.74 Å². The second-order valence-electron chi connectivity index (χ2n) is 6.19. The summed E-state index contributed by atoms with van der Waals surface area (Å²) in [5.74, 6) is -0.919. The Morgan fingerprint density at radius 2 is 1.81 bits per heavy atom. The van der Waals surface area contributed by atoms with Crippen molar-refractivity contribution in [2.75, 3.05) is 6.61 Å². The lowest BCUT2D eigenvalue weighted by Crippen LogP contribution is -2.60. The number of carbonyl (C=O) groups is 1. The number of rotatable bonds is 5. The van der Waals surface area contributed by atoms with Gasteiger partial charge in [-0.15, -0.1) is 0 Å². The lowest BCUT2D eigenvalue weighted by molar-refractivity contribution is -0.277. The van der Waals surface area contributed by atoms with Gasteiger partial charge in [-0.3, -0.25) is 0 Å². The first-order valence-corrected chi connectivity index (χ1v) is 8.32. The molecule has 1 saturated heterocycles. The fourth-order valence-electron chi connectivity index (χ4n) is 2.99. The molecule has 3 rings (SSSR count). The van der Waals surface area contributed by atoms with Gasteiger partial charge in [0.05, 0.1) is 6.61 Å². The smallest absolute Gasteiger partial charge is 0.328 e. The number of carboxylic acids is 1. The molecular weight excluding hydrogens is 356 g/mol. The quantitative estimate of drug-likeness (QED) is 0.464. The van der Waals surface area contributed by atoms with Crippen LogP contribution in [-0.2, 0) is 9.53 Å². The average Bonchev–Trinajstić information content (AvgIpc) is 2.67. The fraction of sp³-hybridized carbons (Fsp3) is 0.316. The summed E-state index contributed by atoms with van der Waals surface area (Å²) in [5, 5.41) is 49.7. The zero-order chi connectivity index (χ0) is 19.6. The Morgan fingerprint density at radius 3 is 2.52 bits per heavy atom. The number of hydrogen-bond acceptors (Lipinski definition) is 7. The van der Waals surface area contributed by atoms with E-state index in [-0.39, 0.29) is 5.75 Å². The van der Waals surface area contributed by atoms with Crippen molar-refractivity contribution < 1.29 is 39.8 Å². The Balaban J connectivity index is 1.98. The first-order valence-electron chi connectivity index (χ1n) is 8.32. The summed E-state index contributed by atoms with van der Waals surface area (Å²) in [6.45, 7) is -0.575. The molecule has 0 saturated carbocycles. The molecule has 8 nitrogen and oxygen atoms in total. The van der Waals surface area contributed by atoms with Crippen LogP contribution in [0, 0.1) is 0 Å². The summed E-state index contributed by atoms with van der Waals surface area (Å²) in [6.07, 6.45) is -4.77. The Labute approximate surface area is 154 Å². The van der Waals surface area contributed by atoms with Gasteiger partial charge < -0.3 is 35.0 Å². The van der Waals surface area contributed by atoms with Crippen LogP contribution >= 0.6 is 0 Å². The minimum absolute atomic E-state index is 0.218. The van der Waals surface area contributed by atoms with Crippen LogP contribution in [0.2, 0.25) is 0 Å². The van der Waals surface area contributed by atoms with Gasteiger partial charge in [0.15, 0.2) is 0 Å². The molecule has 8 heteroatoms. The van der Waals surface area contributed by atoms with Gasteiger partial charge in [-0.05, 0) is 22.9 Å². The van der Waals surface area contributed by atoms with Gasteiger partial charge in [0.2, 0.25) is 6.29 Å². The van der Waals surface area contributed by atoms with Gasteiger partial charge in [0.1, 0.15) is 30.2 Å². The molecule has 0 amide bonds. The third kappa shape index (κ3) is 3.95. The highest BCUT2D eigenvalue weighted by molar-refractivity contribution is 5.96. The van der Waals surface area contributed by atoms with E-state index in [1.165, 1.54) is 6.08 Å². The van der Waals surface area contributed by atoms with Gasteiger partial charge in [-0.2, -0.15) is 0 Å². The van der Waals surface area contributed by atoms with Crippen molar-refractivity contribution in [2.45, 2.75) is 30.7 Å². The van der Waals surface area contributed by atoms with Gasteiger partial charge in [0, 0.05) is 11.6 Å². The number of benzene rings is 2. The predicted octanol–water partition coefficient (Wildman–Crippen LogP) is 0.116. The minimum atomic E-state index is -1.57. The van der Waals surface area contributed by atoms with Crippen molar-refractivity contribution in [1.82, 2.24) is 0 Å². The summed E-state index contributed by atoms with van der Waals surface area (Å²) in [5.41, 5.74) is 0.451. The number of aliphatic hydroxyl groups excluding tert-OH is 4. The van der Waals surface area contributed by atoms with E-state index in [0.29, 0.717) is 5.56 Å². The van der Waals surface area contributed by atoms with E-state index in [2.05, 4.69) is 0 Å². The maximum atomic E-state index is 10.9. The van der Waals surface area contributed by atoms with Crippen molar-refractivity contribution in [2.24, 2.45) is 0 Å².